The third-order valence-electron chi connectivity index (χ3n) is 3.89. The Kier molecular flexibility index (Phi) is 4.76. The summed E-state index contributed by atoms with van der Waals surface area (Å²) in [7, 11) is 0. The summed E-state index contributed by atoms with van der Waals surface area (Å²) in [5.74, 6) is 0.0191. The number of H-pyrrole nitrogens is 1. The third kappa shape index (κ3) is 3.79. The fourth-order valence-corrected chi connectivity index (χ4v) is 2.84. The van der Waals surface area contributed by atoms with Crippen LogP contribution < -0.4 is 5.73 Å². The molecule has 1 aromatic heterocycles. The second kappa shape index (κ2) is 6.96. The molecule has 0 amide bonds. The van der Waals surface area contributed by atoms with Crippen molar-refractivity contribution in [1.29, 1.82) is 0 Å². The monoisotopic (exact) mass is 327 g/mol. The summed E-state index contributed by atoms with van der Waals surface area (Å²) in [5, 5.41) is 17.1. The summed E-state index contributed by atoms with van der Waals surface area (Å²) < 4.78 is 0. The summed E-state index contributed by atoms with van der Waals surface area (Å²) in [6, 6.07) is 15.9. The van der Waals surface area contributed by atoms with Gasteiger partial charge in [-0.2, -0.15) is 5.10 Å². The quantitative estimate of drug-likeness (QED) is 0.627. The van der Waals surface area contributed by atoms with Gasteiger partial charge < -0.3 is 10.8 Å². The number of benzene rings is 2. The van der Waals surface area contributed by atoms with E-state index in [4.69, 9.17) is 17.3 Å². The van der Waals surface area contributed by atoms with Crippen LogP contribution in [-0.2, 0) is 0 Å². The number of hydrogen-bond donors (Lipinski definition) is 3. The molecule has 2 aromatic carbocycles. The first kappa shape index (κ1) is 15.7. The third-order valence-corrected chi connectivity index (χ3v) is 4.15. The van der Waals surface area contributed by atoms with Crippen LogP contribution in [0, 0.1) is 0 Å². The predicted octanol–water partition coefficient (Wildman–Crippen LogP) is 3.53. The minimum absolute atomic E-state index is 0.0191. The van der Waals surface area contributed by atoms with Gasteiger partial charge in [0.1, 0.15) is 6.23 Å². The summed E-state index contributed by atoms with van der Waals surface area (Å²) in [4.78, 5) is 0. The highest BCUT2D eigenvalue weighted by Crippen LogP contribution is 2.31. The molecule has 0 aliphatic carbocycles. The standard InChI is InChI=1S/C18H18ClN3O/c19-16-7-5-14(6-8-16)17(9-18(20)23)13-3-1-12(2-4-13)15-10-21-22-11-15/h1-8,10-11,17-18,23H,9,20H2,(H,21,22). The summed E-state index contributed by atoms with van der Waals surface area (Å²) in [6.45, 7) is 0. The number of nitrogens with zero attached hydrogens (tertiary/aromatic N) is 1. The fraction of sp³-hybridized carbons (Fsp3) is 0.167. The van der Waals surface area contributed by atoms with E-state index in [1.807, 2.05) is 42.6 Å². The molecule has 0 saturated carbocycles. The van der Waals surface area contributed by atoms with Crippen LogP contribution in [0.15, 0.2) is 60.9 Å². The SMILES string of the molecule is NC(O)CC(c1ccc(Cl)cc1)c1ccc(-c2cn[nH]c2)cc1. The van der Waals surface area contributed by atoms with Gasteiger partial charge in [0.2, 0.25) is 0 Å². The topological polar surface area (TPSA) is 74.9 Å². The van der Waals surface area contributed by atoms with Gasteiger partial charge in [0.05, 0.1) is 6.20 Å². The maximum atomic E-state index is 9.64. The first-order valence-corrected chi connectivity index (χ1v) is 7.79. The van der Waals surface area contributed by atoms with Crippen molar-refractivity contribution >= 4 is 11.6 Å². The zero-order chi connectivity index (χ0) is 16.2. The molecule has 3 aromatic rings. The van der Waals surface area contributed by atoms with Gasteiger partial charge in [0.25, 0.3) is 0 Å². The molecular formula is C18H18ClN3O. The van der Waals surface area contributed by atoms with Gasteiger partial charge in [-0.3, -0.25) is 5.10 Å². The lowest BCUT2D eigenvalue weighted by Gasteiger charge is -2.20. The average Bonchev–Trinajstić information content (AvgIpc) is 3.08. The number of aromatic amines is 1. The van der Waals surface area contributed by atoms with Crippen LogP contribution in [0.1, 0.15) is 23.5 Å². The molecule has 23 heavy (non-hydrogen) atoms. The lowest BCUT2D eigenvalue weighted by atomic mass is 9.87. The van der Waals surface area contributed by atoms with Crippen LogP contribution in [0.3, 0.4) is 0 Å². The first-order chi connectivity index (χ1) is 11.1. The molecule has 2 atom stereocenters. The molecule has 0 bridgehead atoms. The highest BCUT2D eigenvalue weighted by atomic mass is 35.5. The van der Waals surface area contributed by atoms with Gasteiger partial charge in [0, 0.05) is 22.7 Å². The Morgan fingerprint density at radius 2 is 1.61 bits per heavy atom. The van der Waals surface area contributed by atoms with E-state index >= 15 is 0 Å². The summed E-state index contributed by atoms with van der Waals surface area (Å²) in [5.41, 5.74) is 9.93. The molecule has 1 heterocycles. The Balaban J connectivity index is 1.91. The number of aliphatic hydroxyl groups is 1. The van der Waals surface area contributed by atoms with Gasteiger partial charge in [-0.15, -0.1) is 0 Å². The van der Waals surface area contributed by atoms with Crippen molar-refractivity contribution < 1.29 is 5.11 Å². The molecule has 0 radical (unpaired) electrons. The Morgan fingerprint density at radius 3 is 2.13 bits per heavy atom. The molecule has 0 aliphatic rings. The van der Waals surface area contributed by atoms with Crippen molar-refractivity contribution in [2.75, 3.05) is 0 Å². The Morgan fingerprint density at radius 1 is 1.00 bits per heavy atom. The van der Waals surface area contributed by atoms with E-state index in [-0.39, 0.29) is 5.92 Å². The number of aliphatic hydroxyl groups excluding tert-OH is 1. The van der Waals surface area contributed by atoms with Gasteiger partial charge in [-0.05, 0) is 35.2 Å². The lowest BCUT2D eigenvalue weighted by molar-refractivity contribution is 0.167. The highest BCUT2D eigenvalue weighted by molar-refractivity contribution is 6.30. The molecule has 2 unspecified atom stereocenters. The van der Waals surface area contributed by atoms with Gasteiger partial charge >= 0.3 is 0 Å². The van der Waals surface area contributed by atoms with Crippen molar-refractivity contribution in [1.82, 2.24) is 10.2 Å². The Labute approximate surface area is 139 Å². The zero-order valence-corrected chi connectivity index (χ0v) is 13.2. The molecule has 3 rings (SSSR count). The number of halogens is 1. The van der Waals surface area contributed by atoms with E-state index in [0.717, 1.165) is 22.3 Å². The molecule has 0 saturated heterocycles. The van der Waals surface area contributed by atoms with Gasteiger partial charge in [0.15, 0.2) is 0 Å². The number of hydrogen-bond acceptors (Lipinski definition) is 3. The average molecular weight is 328 g/mol. The number of aromatic nitrogens is 2. The van der Waals surface area contributed by atoms with Crippen LogP contribution in [0.4, 0.5) is 0 Å². The van der Waals surface area contributed by atoms with Crippen molar-refractivity contribution in [3.63, 3.8) is 0 Å². The minimum atomic E-state index is -0.871. The molecule has 0 fully saturated rings. The minimum Gasteiger partial charge on any atom is -0.379 e. The molecule has 4 N–H and O–H groups in total. The second-order valence-corrected chi connectivity index (χ2v) is 5.95. The largest absolute Gasteiger partial charge is 0.379 e. The van der Waals surface area contributed by atoms with E-state index in [1.54, 1.807) is 6.20 Å². The second-order valence-electron chi connectivity index (χ2n) is 5.52. The maximum Gasteiger partial charge on any atom is 0.103 e. The summed E-state index contributed by atoms with van der Waals surface area (Å²) >= 11 is 5.96. The first-order valence-electron chi connectivity index (χ1n) is 7.41. The van der Waals surface area contributed by atoms with E-state index in [9.17, 15) is 5.11 Å². The number of nitrogens with two attached hydrogens (primary N) is 1. The molecule has 0 spiro atoms. The van der Waals surface area contributed by atoms with Crippen molar-refractivity contribution in [3.8, 4) is 11.1 Å². The maximum absolute atomic E-state index is 9.64. The Hall–Kier alpha value is -2.14. The van der Waals surface area contributed by atoms with E-state index in [1.165, 1.54) is 0 Å². The van der Waals surface area contributed by atoms with Crippen LogP contribution in [0.25, 0.3) is 11.1 Å². The highest BCUT2D eigenvalue weighted by Gasteiger charge is 2.17. The number of rotatable bonds is 5. The molecular weight excluding hydrogens is 310 g/mol. The van der Waals surface area contributed by atoms with E-state index < -0.39 is 6.23 Å². The normalized spacial score (nSPS) is 13.7. The fourth-order valence-electron chi connectivity index (χ4n) is 2.72. The van der Waals surface area contributed by atoms with Crippen LogP contribution in [0.5, 0.6) is 0 Å². The van der Waals surface area contributed by atoms with Crippen LogP contribution in [-0.4, -0.2) is 21.5 Å². The predicted molar refractivity (Wildman–Crippen MR) is 92.1 cm³/mol. The zero-order valence-electron chi connectivity index (χ0n) is 12.5. The van der Waals surface area contributed by atoms with E-state index in [2.05, 4.69) is 22.3 Å². The smallest absolute Gasteiger partial charge is 0.103 e. The number of nitrogens with one attached hydrogen (secondary N) is 1. The van der Waals surface area contributed by atoms with Crippen LogP contribution >= 0.6 is 11.6 Å². The van der Waals surface area contributed by atoms with Crippen molar-refractivity contribution in [2.45, 2.75) is 18.6 Å². The molecule has 5 heteroatoms. The van der Waals surface area contributed by atoms with Crippen LogP contribution in [0.2, 0.25) is 5.02 Å². The van der Waals surface area contributed by atoms with Crippen molar-refractivity contribution in [3.05, 3.63) is 77.1 Å². The van der Waals surface area contributed by atoms with Crippen molar-refractivity contribution in [2.24, 2.45) is 5.73 Å². The summed E-state index contributed by atoms with van der Waals surface area (Å²) in [6.07, 6.45) is 3.22. The molecule has 118 valence electrons. The van der Waals surface area contributed by atoms with Gasteiger partial charge in [-0.1, -0.05) is 48.0 Å². The molecule has 4 nitrogen and oxygen atoms in total. The lowest BCUT2D eigenvalue weighted by Crippen LogP contribution is -2.22. The van der Waals surface area contributed by atoms with Gasteiger partial charge in [-0.25, -0.2) is 0 Å². The molecule has 0 aliphatic heterocycles. The van der Waals surface area contributed by atoms with E-state index in [0.29, 0.717) is 11.4 Å². The Bertz CT molecular complexity index is 737.